The molecule has 0 unspecified atom stereocenters. The fraction of sp³-hybridized carbons (Fsp3) is 0.286. The molecule has 6 heteroatoms. The number of aromatic nitrogens is 3. The highest BCUT2D eigenvalue weighted by Crippen LogP contribution is 2.27. The van der Waals surface area contributed by atoms with Crippen molar-refractivity contribution in [3.8, 4) is 5.75 Å². The van der Waals surface area contributed by atoms with Gasteiger partial charge in [0.05, 0.1) is 24.5 Å². The van der Waals surface area contributed by atoms with Crippen LogP contribution >= 0.6 is 22.9 Å². The molecule has 0 saturated carbocycles. The van der Waals surface area contributed by atoms with Gasteiger partial charge in [0, 0.05) is 11.6 Å². The molecule has 104 valence electrons. The maximum atomic E-state index is 6.03. The van der Waals surface area contributed by atoms with Crippen LogP contribution in [0.3, 0.4) is 0 Å². The SMILES string of the molecule is CCOc1cccc2c1nc(CCl)n2Cc1nccs1. The Bertz CT molecular complexity index is 709. The summed E-state index contributed by atoms with van der Waals surface area (Å²) in [6, 6.07) is 5.95. The predicted molar refractivity (Wildman–Crippen MR) is 81.7 cm³/mol. The topological polar surface area (TPSA) is 39.9 Å². The minimum absolute atomic E-state index is 0.367. The van der Waals surface area contributed by atoms with E-state index in [1.807, 2.05) is 36.7 Å². The van der Waals surface area contributed by atoms with Crippen LogP contribution < -0.4 is 4.74 Å². The lowest BCUT2D eigenvalue weighted by molar-refractivity contribution is 0.343. The molecule has 1 aromatic carbocycles. The summed E-state index contributed by atoms with van der Waals surface area (Å²) in [6.45, 7) is 3.27. The maximum absolute atomic E-state index is 6.03. The smallest absolute Gasteiger partial charge is 0.147 e. The van der Waals surface area contributed by atoms with E-state index in [1.54, 1.807) is 11.3 Å². The van der Waals surface area contributed by atoms with Crippen LogP contribution in [0.25, 0.3) is 11.0 Å². The first-order chi connectivity index (χ1) is 9.83. The Hall–Kier alpha value is -1.59. The Morgan fingerprint density at radius 2 is 2.30 bits per heavy atom. The van der Waals surface area contributed by atoms with Crippen LogP contribution in [-0.4, -0.2) is 21.1 Å². The number of nitrogens with zero attached hydrogens (tertiary/aromatic N) is 3. The summed E-state index contributed by atoms with van der Waals surface area (Å²) in [5.74, 6) is 2.00. The van der Waals surface area contributed by atoms with E-state index in [0.29, 0.717) is 19.0 Å². The summed E-state index contributed by atoms with van der Waals surface area (Å²) in [5.41, 5.74) is 1.89. The second-order valence-electron chi connectivity index (χ2n) is 4.23. The molecule has 4 nitrogen and oxygen atoms in total. The van der Waals surface area contributed by atoms with E-state index < -0.39 is 0 Å². The van der Waals surface area contributed by atoms with E-state index in [2.05, 4.69) is 14.5 Å². The standard InChI is InChI=1S/C14H14ClN3OS/c1-2-19-11-5-3-4-10-14(11)17-12(8-15)18(10)9-13-16-6-7-20-13/h3-7H,2,8-9H2,1H3. The average molecular weight is 308 g/mol. The number of hydrogen-bond donors (Lipinski definition) is 0. The van der Waals surface area contributed by atoms with Crippen LogP contribution in [0.4, 0.5) is 0 Å². The van der Waals surface area contributed by atoms with Crippen LogP contribution in [0.15, 0.2) is 29.8 Å². The van der Waals surface area contributed by atoms with Crippen molar-refractivity contribution in [2.24, 2.45) is 0 Å². The van der Waals surface area contributed by atoms with Gasteiger partial charge in [0.25, 0.3) is 0 Å². The molecule has 0 saturated heterocycles. The Labute approximate surface area is 126 Å². The number of rotatable bonds is 5. The molecule has 20 heavy (non-hydrogen) atoms. The van der Waals surface area contributed by atoms with Crippen molar-refractivity contribution in [3.05, 3.63) is 40.6 Å². The van der Waals surface area contributed by atoms with Crippen LogP contribution in [0.1, 0.15) is 17.8 Å². The normalized spacial score (nSPS) is 11.1. The molecule has 0 N–H and O–H groups in total. The molecule has 3 rings (SSSR count). The first kappa shape index (κ1) is 13.4. The molecule has 0 aliphatic carbocycles. The van der Waals surface area contributed by atoms with Gasteiger partial charge in [0.1, 0.15) is 22.1 Å². The highest BCUT2D eigenvalue weighted by molar-refractivity contribution is 7.09. The molecule has 0 aliphatic rings. The van der Waals surface area contributed by atoms with Crippen LogP contribution in [0, 0.1) is 0 Å². The lowest BCUT2D eigenvalue weighted by Crippen LogP contribution is -2.03. The first-order valence-electron chi connectivity index (χ1n) is 6.38. The summed E-state index contributed by atoms with van der Waals surface area (Å²) in [4.78, 5) is 8.94. The molecule has 0 radical (unpaired) electrons. The molecule has 2 aromatic heterocycles. The zero-order chi connectivity index (χ0) is 13.9. The van der Waals surface area contributed by atoms with Gasteiger partial charge in [-0.15, -0.1) is 22.9 Å². The van der Waals surface area contributed by atoms with Crippen molar-refractivity contribution in [3.63, 3.8) is 0 Å². The Morgan fingerprint density at radius 1 is 1.40 bits per heavy atom. The highest BCUT2D eigenvalue weighted by Gasteiger charge is 2.14. The lowest BCUT2D eigenvalue weighted by atomic mass is 10.3. The van der Waals surface area contributed by atoms with E-state index in [0.717, 1.165) is 27.6 Å². The Morgan fingerprint density at radius 3 is 3.00 bits per heavy atom. The Balaban J connectivity index is 2.12. The second-order valence-corrected chi connectivity index (χ2v) is 5.48. The van der Waals surface area contributed by atoms with Crippen molar-refractivity contribution in [2.45, 2.75) is 19.3 Å². The minimum Gasteiger partial charge on any atom is -0.492 e. The summed E-state index contributed by atoms with van der Waals surface area (Å²) >= 11 is 7.66. The van der Waals surface area contributed by atoms with Gasteiger partial charge in [-0.2, -0.15) is 0 Å². The number of alkyl halides is 1. The van der Waals surface area contributed by atoms with E-state index >= 15 is 0 Å². The molecule has 0 aliphatic heterocycles. The first-order valence-corrected chi connectivity index (χ1v) is 7.80. The van der Waals surface area contributed by atoms with Crippen LogP contribution in [0.2, 0.25) is 0 Å². The van der Waals surface area contributed by atoms with Gasteiger partial charge in [-0.3, -0.25) is 0 Å². The maximum Gasteiger partial charge on any atom is 0.147 e. The zero-order valence-corrected chi connectivity index (χ0v) is 12.6. The average Bonchev–Trinajstić information content (AvgIpc) is 3.08. The predicted octanol–water partition coefficient (Wildman–Crippen LogP) is 3.68. The monoisotopic (exact) mass is 307 g/mol. The number of hydrogen-bond acceptors (Lipinski definition) is 4. The van der Waals surface area contributed by atoms with Crippen molar-refractivity contribution in [2.75, 3.05) is 6.61 Å². The Kier molecular flexibility index (Phi) is 3.89. The number of imidazole rings is 1. The van der Waals surface area contributed by atoms with Crippen molar-refractivity contribution in [1.29, 1.82) is 0 Å². The molecule has 0 atom stereocenters. The van der Waals surface area contributed by atoms with E-state index in [-0.39, 0.29) is 0 Å². The number of para-hydroxylation sites is 1. The van der Waals surface area contributed by atoms with Gasteiger partial charge >= 0.3 is 0 Å². The van der Waals surface area contributed by atoms with Gasteiger partial charge in [0.15, 0.2) is 0 Å². The third kappa shape index (κ3) is 2.39. The summed E-state index contributed by atoms with van der Waals surface area (Å²) in [7, 11) is 0. The molecule has 0 fully saturated rings. The fourth-order valence-corrected chi connectivity index (χ4v) is 2.99. The minimum atomic E-state index is 0.367. The molecule has 2 heterocycles. The lowest BCUT2D eigenvalue weighted by Gasteiger charge is -2.06. The van der Waals surface area contributed by atoms with Crippen molar-refractivity contribution >= 4 is 34.0 Å². The molecule has 0 spiro atoms. The number of halogens is 1. The largest absolute Gasteiger partial charge is 0.492 e. The number of benzene rings is 1. The van der Waals surface area contributed by atoms with Crippen LogP contribution in [0.5, 0.6) is 5.75 Å². The van der Waals surface area contributed by atoms with E-state index in [4.69, 9.17) is 16.3 Å². The molecular formula is C14H14ClN3OS. The number of fused-ring (bicyclic) bond motifs is 1. The summed E-state index contributed by atoms with van der Waals surface area (Å²) in [5, 5.41) is 3.01. The third-order valence-electron chi connectivity index (χ3n) is 3.02. The number of thiazole rings is 1. The summed E-state index contributed by atoms with van der Waals surface area (Å²) < 4.78 is 7.74. The molecule has 3 aromatic rings. The van der Waals surface area contributed by atoms with Gasteiger partial charge in [-0.1, -0.05) is 6.07 Å². The van der Waals surface area contributed by atoms with Gasteiger partial charge < -0.3 is 9.30 Å². The van der Waals surface area contributed by atoms with E-state index in [9.17, 15) is 0 Å². The molecule has 0 amide bonds. The number of ether oxygens (including phenoxy) is 1. The van der Waals surface area contributed by atoms with Crippen LogP contribution in [-0.2, 0) is 12.4 Å². The van der Waals surface area contributed by atoms with Crippen molar-refractivity contribution < 1.29 is 4.74 Å². The van der Waals surface area contributed by atoms with Gasteiger partial charge in [0.2, 0.25) is 0 Å². The highest BCUT2D eigenvalue weighted by atomic mass is 35.5. The zero-order valence-electron chi connectivity index (χ0n) is 11.0. The molecule has 0 bridgehead atoms. The van der Waals surface area contributed by atoms with Crippen molar-refractivity contribution in [1.82, 2.24) is 14.5 Å². The molecular weight excluding hydrogens is 294 g/mol. The fourth-order valence-electron chi connectivity index (χ4n) is 2.19. The third-order valence-corrected chi connectivity index (χ3v) is 4.02. The van der Waals surface area contributed by atoms with Gasteiger partial charge in [-0.05, 0) is 19.1 Å². The van der Waals surface area contributed by atoms with Gasteiger partial charge in [-0.25, -0.2) is 9.97 Å². The second kappa shape index (κ2) is 5.81. The quantitative estimate of drug-likeness (QED) is 0.675. The van der Waals surface area contributed by atoms with E-state index in [1.165, 1.54) is 0 Å². The summed E-state index contributed by atoms with van der Waals surface area (Å²) in [6.07, 6.45) is 1.81.